The van der Waals surface area contributed by atoms with Gasteiger partial charge in [-0.2, -0.15) is 0 Å². The maximum absolute atomic E-state index is 3.88. The van der Waals surface area contributed by atoms with Crippen molar-refractivity contribution in [3.63, 3.8) is 0 Å². The molecule has 0 aromatic rings. The van der Waals surface area contributed by atoms with E-state index in [1.54, 1.807) is 0 Å². The van der Waals surface area contributed by atoms with Gasteiger partial charge >= 0.3 is 0 Å². The molecule has 0 aromatic carbocycles. The molecule has 0 aliphatic heterocycles. The average molecular weight is 146 g/mol. The zero-order chi connectivity index (χ0) is 8.10. The molecule has 0 fully saturated rings. The first-order valence-corrected chi connectivity index (χ1v) is 3.97. The molecule has 0 N–H and O–H groups in total. The second-order valence-corrected chi connectivity index (χ2v) is 2.83. The van der Waals surface area contributed by atoms with E-state index in [1.165, 1.54) is 18.4 Å². The van der Waals surface area contributed by atoms with E-state index in [2.05, 4.69) is 31.4 Å². The van der Waals surface area contributed by atoms with Crippen molar-refractivity contribution < 1.29 is 0 Å². The molecule has 1 rings (SSSR count). The van der Waals surface area contributed by atoms with Crippen LogP contribution in [-0.4, -0.2) is 0 Å². The van der Waals surface area contributed by atoms with Crippen LogP contribution in [0.5, 0.6) is 0 Å². The molecule has 0 bridgehead atoms. The molecule has 58 valence electrons. The van der Waals surface area contributed by atoms with E-state index in [9.17, 15) is 0 Å². The van der Waals surface area contributed by atoms with Crippen LogP contribution in [0.2, 0.25) is 0 Å². The van der Waals surface area contributed by atoms with Crippen molar-refractivity contribution in [3.8, 4) is 0 Å². The number of hydrogen-bond acceptors (Lipinski definition) is 0. The zero-order valence-corrected chi connectivity index (χ0v) is 6.84. The summed E-state index contributed by atoms with van der Waals surface area (Å²) in [5.41, 5.74) is 2.59. The van der Waals surface area contributed by atoms with Crippen molar-refractivity contribution >= 4 is 0 Å². The Morgan fingerprint density at radius 3 is 3.00 bits per heavy atom. The van der Waals surface area contributed by atoms with E-state index < -0.39 is 0 Å². The molecule has 0 heterocycles. The minimum Gasteiger partial charge on any atom is -0.0988 e. The first-order chi connectivity index (χ1) is 5.33. The number of rotatable bonds is 3. The van der Waals surface area contributed by atoms with Crippen LogP contribution in [0.25, 0.3) is 0 Å². The van der Waals surface area contributed by atoms with Crippen LogP contribution in [0.4, 0.5) is 0 Å². The highest BCUT2D eigenvalue weighted by Gasteiger charge is 1.99. The molecule has 0 radical (unpaired) electrons. The predicted octanol–water partition coefficient (Wildman–Crippen LogP) is 3.40. The van der Waals surface area contributed by atoms with Gasteiger partial charge in [0.05, 0.1) is 0 Å². The lowest BCUT2D eigenvalue weighted by molar-refractivity contribution is 0.914. The summed E-state index contributed by atoms with van der Waals surface area (Å²) in [6.45, 7) is 7.57. The minimum absolute atomic E-state index is 0.994. The van der Waals surface area contributed by atoms with E-state index in [4.69, 9.17) is 0 Å². The molecule has 0 spiro atoms. The van der Waals surface area contributed by atoms with Gasteiger partial charge in [-0.15, -0.1) is 0 Å². The molecule has 0 atom stereocenters. The molecular weight excluding hydrogens is 132 g/mol. The SMILES string of the molecule is C=CC(=C)CC1=CC=CCC1. The maximum atomic E-state index is 3.88. The molecule has 1 aliphatic carbocycles. The zero-order valence-electron chi connectivity index (χ0n) is 6.84. The van der Waals surface area contributed by atoms with Crippen molar-refractivity contribution in [2.45, 2.75) is 19.3 Å². The van der Waals surface area contributed by atoms with Crippen LogP contribution in [-0.2, 0) is 0 Å². The van der Waals surface area contributed by atoms with E-state index in [0.29, 0.717) is 0 Å². The topological polar surface area (TPSA) is 0 Å². The summed E-state index contributed by atoms with van der Waals surface area (Å²) in [6.07, 6.45) is 11.7. The van der Waals surface area contributed by atoms with Crippen molar-refractivity contribution in [3.05, 3.63) is 48.6 Å². The van der Waals surface area contributed by atoms with Gasteiger partial charge in [-0.05, 0) is 19.3 Å². The van der Waals surface area contributed by atoms with Crippen LogP contribution in [0, 0.1) is 0 Å². The van der Waals surface area contributed by atoms with Crippen LogP contribution in [0.15, 0.2) is 48.6 Å². The Bertz CT molecular complexity index is 216. The Morgan fingerprint density at radius 1 is 1.64 bits per heavy atom. The van der Waals surface area contributed by atoms with Gasteiger partial charge in [0, 0.05) is 0 Å². The molecule has 0 saturated carbocycles. The van der Waals surface area contributed by atoms with Crippen molar-refractivity contribution in [2.24, 2.45) is 0 Å². The van der Waals surface area contributed by atoms with Crippen molar-refractivity contribution in [2.75, 3.05) is 0 Å². The molecule has 1 aliphatic rings. The Kier molecular flexibility index (Phi) is 2.91. The third-order valence-electron chi connectivity index (χ3n) is 1.84. The van der Waals surface area contributed by atoms with E-state index >= 15 is 0 Å². The summed E-state index contributed by atoms with van der Waals surface area (Å²) < 4.78 is 0. The molecule has 0 heteroatoms. The molecule has 0 nitrogen and oxygen atoms in total. The molecule has 0 amide bonds. The second-order valence-electron chi connectivity index (χ2n) is 2.83. The lowest BCUT2D eigenvalue weighted by Crippen LogP contribution is -1.88. The predicted molar refractivity (Wildman–Crippen MR) is 50.4 cm³/mol. The third kappa shape index (κ3) is 2.58. The van der Waals surface area contributed by atoms with Crippen LogP contribution in [0.1, 0.15) is 19.3 Å². The fourth-order valence-electron chi connectivity index (χ4n) is 1.16. The summed E-state index contributed by atoms with van der Waals surface area (Å²) in [5.74, 6) is 0. The highest BCUT2D eigenvalue weighted by Crippen LogP contribution is 2.18. The Balaban J connectivity index is 2.48. The van der Waals surface area contributed by atoms with Gasteiger partial charge in [-0.25, -0.2) is 0 Å². The van der Waals surface area contributed by atoms with Crippen LogP contribution < -0.4 is 0 Å². The van der Waals surface area contributed by atoms with E-state index in [-0.39, 0.29) is 0 Å². The summed E-state index contributed by atoms with van der Waals surface area (Å²) in [6, 6.07) is 0. The Morgan fingerprint density at radius 2 is 2.45 bits per heavy atom. The number of hydrogen-bond donors (Lipinski definition) is 0. The molecule has 11 heavy (non-hydrogen) atoms. The lowest BCUT2D eigenvalue weighted by atomic mass is 9.98. The molecule has 0 aromatic heterocycles. The fourth-order valence-corrected chi connectivity index (χ4v) is 1.16. The van der Waals surface area contributed by atoms with Crippen molar-refractivity contribution in [1.82, 2.24) is 0 Å². The molecule has 0 saturated heterocycles. The Labute approximate surface area is 68.6 Å². The lowest BCUT2D eigenvalue weighted by Gasteiger charge is -2.07. The monoisotopic (exact) mass is 146 g/mol. The summed E-state index contributed by atoms with van der Waals surface area (Å²) in [5, 5.41) is 0. The van der Waals surface area contributed by atoms with Gasteiger partial charge in [0.15, 0.2) is 0 Å². The van der Waals surface area contributed by atoms with Gasteiger partial charge in [0.1, 0.15) is 0 Å². The minimum atomic E-state index is 0.994. The summed E-state index contributed by atoms with van der Waals surface area (Å²) in [4.78, 5) is 0. The van der Waals surface area contributed by atoms with Gasteiger partial charge in [0.2, 0.25) is 0 Å². The smallest absolute Gasteiger partial charge is 0.00700 e. The van der Waals surface area contributed by atoms with Gasteiger partial charge in [-0.3, -0.25) is 0 Å². The highest BCUT2D eigenvalue weighted by atomic mass is 14.0. The van der Waals surface area contributed by atoms with Gasteiger partial charge < -0.3 is 0 Å². The van der Waals surface area contributed by atoms with E-state index in [0.717, 1.165) is 12.0 Å². The fraction of sp³-hybridized carbons (Fsp3) is 0.273. The van der Waals surface area contributed by atoms with Gasteiger partial charge in [-0.1, -0.05) is 48.6 Å². The normalized spacial score (nSPS) is 15.8. The Hall–Kier alpha value is -1.04. The standard InChI is InChI=1S/C11H14/c1-3-10(2)9-11-7-5-4-6-8-11/h3-5,7H,1-2,6,8-9H2. The molecular formula is C11H14. The first kappa shape index (κ1) is 8.06. The quantitative estimate of drug-likeness (QED) is 0.535. The molecule has 0 unspecified atom stereocenters. The summed E-state index contributed by atoms with van der Waals surface area (Å²) >= 11 is 0. The second kappa shape index (κ2) is 3.97. The largest absolute Gasteiger partial charge is 0.0988 e. The van der Waals surface area contributed by atoms with Crippen molar-refractivity contribution in [1.29, 1.82) is 0 Å². The van der Waals surface area contributed by atoms with E-state index in [1.807, 2.05) is 6.08 Å². The highest BCUT2D eigenvalue weighted by molar-refractivity contribution is 5.26. The van der Waals surface area contributed by atoms with Crippen LogP contribution in [0.3, 0.4) is 0 Å². The first-order valence-electron chi connectivity index (χ1n) is 3.97. The third-order valence-corrected chi connectivity index (χ3v) is 1.84. The number of allylic oxidation sites excluding steroid dienone is 6. The van der Waals surface area contributed by atoms with Gasteiger partial charge in [0.25, 0.3) is 0 Å². The van der Waals surface area contributed by atoms with Crippen LogP contribution >= 0.6 is 0 Å². The average Bonchev–Trinajstić information content (AvgIpc) is 2.06. The summed E-state index contributed by atoms with van der Waals surface area (Å²) in [7, 11) is 0. The maximum Gasteiger partial charge on any atom is -0.00700 e.